The molecule has 1 saturated heterocycles. The molecule has 0 saturated carbocycles. The average Bonchev–Trinajstić information content (AvgIpc) is 2.90. The Morgan fingerprint density at radius 2 is 1.66 bits per heavy atom. The molecule has 1 aliphatic heterocycles. The summed E-state index contributed by atoms with van der Waals surface area (Å²) in [6, 6.07) is 26.0. The van der Waals surface area contributed by atoms with E-state index in [0.717, 1.165) is 56.0 Å². The van der Waals surface area contributed by atoms with Crippen LogP contribution in [0, 0.1) is 0 Å². The number of nitrogens with zero attached hydrogens (tertiary/aromatic N) is 2. The third kappa shape index (κ3) is 7.56. The van der Waals surface area contributed by atoms with Gasteiger partial charge in [-0.3, -0.25) is 9.69 Å². The number of hydrogen-bond acceptors (Lipinski definition) is 4. The molecule has 1 fully saturated rings. The molecule has 0 spiro atoms. The largest absolute Gasteiger partial charge is 0.497 e. The fourth-order valence-electron chi connectivity index (χ4n) is 4.39. The first-order valence-corrected chi connectivity index (χ1v) is 12.5. The number of hydrogen-bond donors (Lipinski definition) is 0. The number of methoxy groups -OCH3 is 1. The van der Waals surface area contributed by atoms with Gasteiger partial charge in [-0.2, -0.15) is 0 Å². The van der Waals surface area contributed by atoms with Crippen LogP contribution in [0.2, 0.25) is 5.02 Å². The van der Waals surface area contributed by atoms with Gasteiger partial charge < -0.3 is 14.4 Å². The zero-order valence-corrected chi connectivity index (χ0v) is 21.0. The SMILES string of the molecule is COc1cccc(C(CN2CCN(C(=O)CCc3ccccc3)CC2)OCc2cccc(Cl)c2)c1. The summed E-state index contributed by atoms with van der Waals surface area (Å²) >= 11 is 6.16. The second-order valence-electron chi connectivity index (χ2n) is 8.87. The van der Waals surface area contributed by atoms with Gasteiger partial charge in [0.15, 0.2) is 0 Å². The fourth-order valence-corrected chi connectivity index (χ4v) is 4.60. The van der Waals surface area contributed by atoms with Crippen LogP contribution >= 0.6 is 11.6 Å². The van der Waals surface area contributed by atoms with Crippen LogP contribution in [0.4, 0.5) is 0 Å². The molecule has 0 aromatic heterocycles. The summed E-state index contributed by atoms with van der Waals surface area (Å²) in [7, 11) is 1.68. The Balaban J connectivity index is 1.34. The van der Waals surface area contributed by atoms with Gasteiger partial charge in [-0.25, -0.2) is 0 Å². The first-order chi connectivity index (χ1) is 17.1. The monoisotopic (exact) mass is 492 g/mol. The minimum absolute atomic E-state index is 0.121. The van der Waals surface area contributed by atoms with Gasteiger partial charge in [-0.15, -0.1) is 0 Å². The summed E-state index contributed by atoms with van der Waals surface area (Å²) in [5, 5.41) is 0.706. The molecule has 0 radical (unpaired) electrons. The molecule has 0 bridgehead atoms. The molecule has 0 aliphatic carbocycles. The van der Waals surface area contributed by atoms with Crippen LogP contribution in [-0.2, 0) is 22.6 Å². The Hall–Kier alpha value is -2.86. The predicted molar refractivity (Wildman–Crippen MR) is 140 cm³/mol. The Morgan fingerprint density at radius 1 is 0.914 bits per heavy atom. The second kappa shape index (κ2) is 12.7. The molecule has 35 heavy (non-hydrogen) atoms. The number of benzene rings is 3. The summed E-state index contributed by atoms with van der Waals surface area (Å²) in [4.78, 5) is 17.1. The fraction of sp³-hybridized carbons (Fsp3) is 0.345. The van der Waals surface area contributed by atoms with Crippen LogP contribution in [0.1, 0.15) is 29.2 Å². The molecule has 0 N–H and O–H groups in total. The molecular weight excluding hydrogens is 460 g/mol. The highest BCUT2D eigenvalue weighted by Crippen LogP contribution is 2.25. The highest BCUT2D eigenvalue weighted by Gasteiger charge is 2.24. The number of carbonyl (C=O) groups is 1. The van der Waals surface area contributed by atoms with Crippen molar-refractivity contribution >= 4 is 17.5 Å². The van der Waals surface area contributed by atoms with E-state index in [1.165, 1.54) is 5.56 Å². The zero-order valence-electron chi connectivity index (χ0n) is 20.2. The lowest BCUT2D eigenvalue weighted by Crippen LogP contribution is -2.49. The number of piperazine rings is 1. The van der Waals surface area contributed by atoms with Gasteiger partial charge in [-0.1, -0.05) is 66.2 Å². The van der Waals surface area contributed by atoms with Crippen molar-refractivity contribution in [2.24, 2.45) is 0 Å². The number of rotatable bonds is 10. The molecule has 6 heteroatoms. The maximum Gasteiger partial charge on any atom is 0.222 e. The first-order valence-electron chi connectivity index (χ1n) is 12.1. The minimum atomic E-state index is -0.121. The van der Waals surface area contributed by atoms with Crippen LogP contribution in [0.15, 0.2) is 78.9 Å². The summed E-state index contributed by atoms with van der Waals surface area (Å²) in [5.41, 5.74) is 3.32. The van der Waals surface area contributed by atoms with E-state index >= 15 is 0 Å². The van der Waals surface area contributed by atoms with E-state index in [4.69, 9.17) is 21.1 Å². The highest BCUT2D eigenvalue weighted by molar-refractivity contribution is 6.30. The molecule has 3 aromatic carbocycles. The molecule has 1 heterocycles. The third-order valence-electron chi connectivity index (χ3n) is 6.43. The van der Waals surface area contributed by atoms with E-state index in [0.29, 0.717) is 18.1 Å². The van der Waals surface area contributed by atoms with Crippen LogP contribution in [-0.4, -0.2) is 55.5 Å². The van der Waals surface area contributed by atoms with Crippen molar-refractivity contribution in [2.45, 2.75) is 25.6 Å². The van der Waals surface area contributed by atoms with Gasteiger partial charge in [-0.05, 0) is 47.4 Å². The summed E-state index contributed by atoms with van der Waals surface area (Å²) < 4.78 is 11.8. The van der Waals surface area contributed by atoms with Gasteiger partial charge >= 0.3 is 0 Å². The quantitative estimate of drug-likeness (QED) is 0.381. The van der Waals surface area contributed by atoms with E-state index in [1.54, 1.807) is 7.11 Å². The maximum atomic E-state index is 12.7. The standard InChI is InChI=1S/C29H33ClN2O3/c1-34-27-12-6-10-25(20-27)28(35-22-24-9-5-11-26(30)19-24)21-31-15-17-32(18-16-31)29(33)14-13-23-7-3-2-4-8-23/h2-12,19-20,28H,13-18,21-22H2,1H3. The molecule has 1 atom stereocenters. The number of aryl methyl sites for hydroxylation is 1. The van der Waals surface area contributed by atoms with Crippen molar-refractivity contribution in [2.75, 3.05) is 39.8 Å². The maximum absolute atomic E-state index is 12.7. The molecule has 5 nitrogen and oxygen atoms in total. The van der Waals surface area contributed by atoms with Crippen molar-refractivity contribution in [3.63, 3.8) is 0 Å². The van der Waals surface area contributed by atoms with E-state index in [9.17, 15) is 4.79 Å². The normalized spacial score (nSPS) is 15.1. The lowest BCUT2D eigenvalue weighted by atomic mass is 10.1. The lowest BCUT2D eigenvalue weighted by molar-refractivity contribution is -0.133. The second-order valence-corrected chi connectivity index (χ2v) is 9.31. The lowest BCUT2D eigenvalue weighted by Gasteiger charge is -2.36. The molecule has 1 unspecified atom stereocenters. The smallest absolute Gasteiger partial charge is 0.222 e. The Bertz CT molecular complexity index is 1080. The van der Waals surface area contributed by atoms with Crippen LogP contribution in [0.5, 0.6) is 5.75 Å². The van der Waals surface area contributed by atoms with Crippen molar-refractivity contribution in [3.05, 3.63) is 101 Å². The number of amides is 1. The zero-order chi connectivity index (χ0) is 24.5. The van der Waals surface area contributed by atoms with Crippen molar-refractivity contribution in [3.8, 4) is 5.75 Å². The number of ether oxygens (including phenoxy) is 2. The number of halogens is 1. The third-order valence-corrected chi connectivity index (χ3v) is 6.66. The van der Waals surface area contributed by atoms with E-state index in [-0.39, 0.29) is 12.0 Å². The highest BCUT2D eigenvalue weighted by atomic mass is 35.5. The van der Waals surface area contributed by atoms with Gasteiger partial charge in [0.1, 0.15) is 5.75 Å². The summed E-state index contributed by atoms with van der Waals surface area (Å²) in [6.45, 7) is 4.37. The van der Waals surface area contributed by atoms with Crippen LogP contribution in [0.3, 0.4) is 0 Å². The average molecular weight is 493 g/mol. The van der Waals surface area contributed by atoms with Crippen molar-refractivity contribution in [1.82, 2.24) is 9.80 Å². The molecule has 4 rings (SSSR count). The Labute approximate surface area is 213 Å². The molecule has 3 aromatic rings. The van der Waals surface area contributed by atoms with Crippen LogP contribution in [0.25, 0.3) is 0 Å². The topological polar surface area (TPSA) is 42.0 Å². The Morgan fingerprint density at radius 3 is 2.40 bits per heavy atom. The minimum Gasteiger partial charge on any atom is -0.497 e. The van der Waals surface area contributed by atoms with E-state index in [1.807, 2.05) is 65.6 Å². The van der Waals surface area contributed by atoms with E-state index in [2.05, 4.69) is 23.1 Å². The van der Waals surface area contributed by atoms with Crippen LogP contribution < -0.4 is 4.74 Å². The van der Waals surface area contributed by atoms with E-state index < -0.39 is 0 Å². The van der Waals surface area contributed by atoms with Gasteiger partial charge in [0.05, 0.1) is 19.8 Å². The molecular formula is C29H33ClN2O3. The Kier molecular flexibility index (Phi) is 9.18. The summed E-state index contributed by atoms with van der Waals surface area (Å²) in [5.74, 6) is 1.04. The molecule has 1 amide bonds. The van der Waals surface area contributed by atoms with Gasteiger partial charge in [0, 0.05) is 44.2 Å². The van der Waals surface area contributed by atoms with Crippen molar-refractivity contribution in [1.29, 1.82) is 0 Å². The van der Waals surface area contributed by atoms with Gasteiger partial charge in [0.25, 0.3) is 0 Å². The molecule has 1 aliphatic rings. The van der Waals surface area contributed by atoms with Crippen molar-refractivity contribution < 1.29 is 14.3 Å². The predicted octanol–water partition coefficient (Wildman–Crippen LogP) is 5.38. The first kappa shape index (κ1) is 25.2. The summed E-state index contributed by atoms with van der Waals surface area (Å²) in [6.07, 6.45) is 1.22. The number of carbonyl (C=O) groups excluding carboxylic acids is 1. The molecule has 184 valence electrons. The van der Waals surface area contributed by atoms with Gasteiger partial charge in [0.2, 0.25) is 5.91 Å².